The molecule has 0 amide bonds. The average molecular weight is 326 g/mol. The number of hydrogen-bond donors (Lipinski definition) is 0. The van der Waals surface area contributed by atoms with Gasteiger partial charge in [-0.05, 0) is 63.9 Å². The van der Waals surface area contributed by atoms with E-state index in [4.69, 9.17) is 0 Å². The van der Waals surface area contributed by atoms with E-state index in [-0.39, 0.29) is 5.75 Å². The van der Waals surface area contributed by atoms with Gasteiger partial charge in [0.25, 0.3) is 0 Å². The molecule has 130 valence electrons. The second-order valence-corrected chi connectivity index (χ2v) is 6.82. The van der Waals surface area contributed by atoms with Crippen LogP contribution in [-0.2, 0) is 6.54 Å². The smallest absolute Gasteiger partial charge is 0.387 e. The summed E-state index contributed by atoms with van der Waals surface area (Å²) < 4.78 is 29.0. The summed E-state index contributed by atoms with van der Waals surface area (Å²) in [5, 5.41) is 0. The molecule has 0 radical (unpaired) electrons. The van der Waals surface area contributed by atoms with Crippen LogP contribution in [0.4, 0.5) is 8.78 Å². The van der Waals surface area contributed by atoms with Gasteiger partial charge in [-0.3, -0.25) is 0 Å². The van der Waals surface area contributed by atoms with Crippen molar-refractivity contribution in [3.05, 3.63) is 29.8 Å². The topological polar surface area (TPSA) is 15.7 Å². The van der Waals surface area contributed by atoms with Gasteiger partial charge >= 0.3 is 6.61 Å². The van der Waals surface area contributed by atoms with Gasteiger partial charge in [0.1, 0.15) is 5.75 Å². The Bertz CT molecular complexity index is 482. The molecular weight excluding hydrogens is 298 g/mol. The lowest BCUT2D eigenvalue weighted by Crippen LogP contribution is -2.43. The summed E-state index contributed by atoms with van der Waals surface area (Å²) in [7, 11) is 2.09. The molecule has 1 aliphatic heterocycles. The second kappa shape index (κ2) is 8.60. The fraction of sp³-hybridized carbons (Fsp3) is 0.667. The van der Waals surface area contributed by atoms with E-state index in [1.807, 2.05) is 6.07 Å². The van der Waals surface area contributed by atoms with Crippen molar-refractivity contribution >= 4 is 0 Å². The highest BCUT2D eigenvalue weighted by atomic mass is 19.3. The molecule has 0 N–H and O–H groups in total. The first kappa shape index (κ1) is 18.1. The third-order valence-electron chi connectivity index (χ3n) is 4.43. The van der Waals surface area contributed by atoms with Crippen molar-refractivity contribution in [2.75, 3.05) is 26.7 Å². The molecular formula is C18H28F2N2O. The largest absolute Gasteiger partial charge is 0.435 e. The van der Waals surface area contributed by atoms with E-state index in [0.29, 0.717) is 12.0 Å². The highest BCUT2D eigenvalue weighted by molar-refractivity contribution is 5.28. The van der Waals surface area contributed by atoms with Crippen molar-refractivity contribution in [2.45, 2.75) is 45.9 Å². The molecule has 0 spiro atoms. The molecule has 0 bridgehead atoms. The Morgan fingerprint density at radius 3 is 2.83 bits per heavy atom. The predicted octanol–water partition coefficient (Wildman–Crippen LogP) is 3.84. The monoisotopic (exact) mass is 326 g/mol. The standard InChI is InChI=1S/C18H28F2N2O/c1-14(2)22-9-5-7-16(13-22)12-21(3)11-15-6-4-8-17(10-15)23-18(19)20/h4,6,8,10,14,16,18H,5,7,9,11-13H2,1-3H3. The number of benzene rings is 1. The molecule has 0 saturated carbocycles. The second-order valence-electron chi connectivity index (χ2n) is 6.82. The number of alkyl halides is 2. The van der Waals surface area contributed by atoms with Crippen LogP contribution < -0.4 is 4.74 Å². The maximum Gasteiger partial charge on any atom is 0.387 e. The average Bonchev–Trinajstić information content (AvgIpc) is 2.47. The van der Waals surface area contributed by atoms with Crippen molar-refractivity contribution in [1.29, 1.82) is 0 Å². The summed E-state index contributed by atoms with van der Waals surface area (Å²) >= 11 is 0. The van der Waals surface area contributed by atoms with Crippen LogP contribution in [0.5, 0.6) is 5.75 Å². The third-order valence-corrected chi connectivity index (χ3v) is 4.43. The summed E-state index contributed by atoms with van der Waals surface area (Å²) in [5.74, 6) is 0.909. The zero-order valence-electron chi connectivity index (χ0n) is 14.3. The first-order valence-electron chi connectivity index (χ1n) is 8.40. The van der Waals surface area contributed by atoms with Gasteiger partial charge in [-0.2, -0.15) is 8.78 Å². The third kappa shape index (κ3) is 6.07. The van der Waals surface area contributed by atoms with E-state index in [1.54, 1.807) is 18.2 Å². The van der Waals surface area contributed by atoms with Crippen molar-refractivity contribution in [3.63, 3.8) is 0 Å². The molecule has 1 unspecified atom stereocenters. The first-order valence-corrected chi connectivity index (χ1v) is 8.40. The number of piperidine rings is 1. The van der Waals surface area contributed by atoms with Crippen molar-refractivity contribution < 1.29 is 13.5 Å². The minimum atomic E-state index is -2.77. The Kier molecular flexibility index (Phi) is 6.78. The summed E-state index contributed by atoms with van der Waals surface area (Å²) in [6.45, 7) is 5.86. The molecule has 1 aliphatic rings. The zero-order valence-corrected chi connectivity index (χ0v) is 14.3. The summed E-state index contributed by atoms with van der Waals surface area (Å²) in [4.78, 5) is 4.81. The van der Waals surface area contributed by atoms with E-state index in [0.717, 1.165) is 25.2 Å². The van der Waals surface area contributed by atoms with E-state index in [2.05, 4.69) is 35.4 Å². The molecule has 0 aliphatic carbocycles. The summed E-state index contributed by atoms with van der Waals surface area (Å²) in [6.07, 6.45) is 2.52. The van der Waals surface area contributed by atoms with Gasteiger partial charge in [0.05, 0.1) is 0 Å². The lowest BCUT2D eigenvalue weighted by molar-refractivity contribution is -0.0499. The molecule has 1 heterocycles. The van der Waals surface area contributed by atoms with Crippen LogP contribution in [0.15, 0.2) is 24.3 Å². The van der Waals surface area contributed by atoms with Gasteiger partial charge in [0.15, 0.2) is 0 Å². The quantitative estimate of drug-likeness (QED) is 0.757. The van der Waals surface area contributed by atoms with Gasteiger partial charge in [0, 0.05) is 25.7 Å². The van der Waals surface area contributed by atoms with Crippen LogP contribution in [0.3, 0.4) is 0 Å². The van der Waals surface area contributed by atoms with Crippen LogP contribution in [0.2, 0.25) is 0 Å². The molecule has 1 saturated heterocycles. The maximum absolute atomic E-state index is 12.3. The van der Waals surface area contributed by atoms with Gasteiger partial charge in [0.2, 0.25) is 0 Å². The van der Waals surface area contributed by atoms with Crippen LogP contribution in [-0.4, -0.2) is 49.1 Å². The molecule has 1 atom stereocenters. The number of rotatable bonds is 7. The van der Waals surface area contributed by atoms with Crippen molar-refractivity contribution in [2.24, 2.45) is 5.92 Å². The Morgan fingerprint density at radius 2 is 2.13 bits per heavy atom. The van der Waals surface area contributed by atoms with Crippen LogP contribution >= 0.6 is 0 Å². The number of ether oxygens (including phenoxy) is 1. The molecule has 0 aromatic heterocycles. The molecule has 1 aromatic carbocycles. The number of nitrogens with zero attached hydrogens (tertiary/aromatic N) is 2. The molecule has 1 aromatic rings. The molecule has 5 heteroatoms. The Morgan fingerprint density at radius 1 is 1.35 bits per heavy atom. The first-order chi connectivity index (χ1) is 10.9. The van der Waals surface area contributed by atoms with E-state index in [1.165, 1.54) is 19.4 Å². The van der Waals surface area contributed by atoms with Crippen molar-refractivity contribution in [3.8, 4) is 5.75 Å². The van der Waals surface area contributed by atoms with Gasteiger partial charge in [-0.25, -0.2) is 0 Å². The van der Waals surface area contributed by atoms with Gasteiger partial charge < -0.3 is 14.5 Å². The predicted molar refractivity (Wildman–Crippen MR) is 88.8 cm³/mol. The fourth-order valence-electron chi connectivity index (χ4n) is 3.35. The SMILES string of the molecule is CC(C)N1CCCC(CN(C)Cc2cccc(OC(F)F)c2)C1. The number of likely N-dealkylation sites (tertiary alicyclic amines) is 1. The minimum Gasteiger partial charge on any atom is -0.435 e. The molecule has 2 rings (SSSR count). The minimum absolute atomic E-state index is 0.231. The van der Waals surface area contributed by atoms with Crippen LogP contribution in [0, 0.1) is 5.92 Å². The Labute approximate surface area is 138 Å². The summed E-state index contributed by atoms with van der Waals surface area (Å²) in [5.41, 5.74) is 1.00. The zero-order chi connectivity index (χ0) is 16.8. The number of halogens is 2. The number of hydrogen-bond acceptors (Lipinski definition) is 3. The molecule has 1 fully saturated rings. The molecule has 3 nitrogen and oxygen atoms in total. The highest BCUT2D eigenvalue weighted by Crippen LogP contribution is 2.21. The Hall–Kier alpha value is -1.20. The maximum atomic E-state index is 12.3. The van der Waals surface area contributed by atoms with Crippen molar-refractivity contribution in [1.82, 2.24) is 9.80 Å². The Balaban J connectivity index is 1.85. The van der Waals surface area contributed by atoms with E-state index < -0.39 is 6.61 Å². The van der Waals surface area contributed by atoms with Crippen LogP contribution in [0.25, 0.3) is 0 Å². The lowest BCUT2D eigenvalue weighted by Gasteiger charge is -2.37. The lowest BCUT2D eigenvalue weighted by atomic mass is 9.96. The normalized spacial score (nSPS) is 19.7. The molecule has 23 heavy (non-hydrogen) atoms. The van der Waals surface area contributed by atoms with Gasteiger partial charge in [-0.15, -0.1) is 0 Å². The highest BCUT2D eigenvalue weighted by Gasteiger charge is 2.22. The van der Waals surface area contributed by atoms with Gasteiger partial charge in [-0.1, -0.05) is 12.1 Å². The van der Waals surface area contributed by atoms with Crippen LogP contribution in [0.1, 0.15) is 32.3 Å². The summed E-state index contributed by atoms with van der Waals surface area (Å²) in [6, 6.07) is 7.59. The fourth-order valence-corrected chi connectivity index (χ4v) is 3.35. The van der Waals surface area contributed by atoms with E-state index in [9.17, 15) is 8.78 Å². The van der Waals surface area contributed by atoms with E-state index >= 15 is 0 Å².